The largest absolute Gasteiger partial charge is 0.481 e. The van der Waals surface area contributed by atoms with Gasteiger partial charge in [0.15, 0.2) is 6.29 Å². The molecule has 1 heterocycles. The molecule has 2 aliphatic rings. The van der Waals surface area contributed by atoms with Crippen LogP contribution in [0.4, 0.5) is 4.79 Å². The first kappa shape index (κ1) is 34.5. The van der Waals surface area contributed by atoms with E-state index in [9.17, 15) is 34.8 Å². The number of hydrogen-bond acceptors (Lipinski definition) is 10. The standard InChI is InChI=1S/C19H17NO6.C14H20O6/c21-17(22)9-16(18(23)24)20-19(25)26-10-15-13-7-3-1-5-11(13)12-6-2-4-8-14(12)15;1-8-2-4-9(5-3-8)7-19-13-10(6-15)20-14(18)12(17)11(13)16/h1-8,15-16H,9-10H2,(H,20,25)(H,21,22)(H,23,24);2-5,10-18H,6-7H2,1H3/t16-;10-,11-,12+,13-,14?/m01/s1. The number of carbonyl (C=O) groups is 3. The number of alkyl carbamates (subject to hydrolysis) is 1. The lowest BCUT2D eigenvalue weighted by Gasteiger charge is -2.39. The molecule has 5 rings (SSSR count). The van der Waals surface area contributed by atoms with Gasteiger partial charge >= 0.3 is 18.0 Å². The third-order valence-corrected chi connectivity index (χ3v) is 7.71. The number of fused-ring (bicyclic) bond motifs is 3. The third kappa shape index (κ3) is 8.46. The second-order valence-electron chi connectivity index (χ2n) is 10.9. The van der Waals surface area contributed by atoms with Crippen LogP contribution in [0.5, 0.6) is 0 Å². The van der Waals surface area contributed by atoms with E-state index in [0.29, 0.717) is 0 Å². The number of carbonyl (C=O) groups excluding carboxylic acids is 1. The number of carboxylic acids is 2. The van der Waals surface area contributed by atoms with Crippen molar-refractivity contribution in [1.29, 1.82) is 0 Å². The van der Waals surface area contributed by atoms with Gasteiger partial charge in [0, 0.05) is 5.92 Å². The first-order valence-electron chi connectivity index (χ1n) is 14.5. The zero-order valence-corrected chi connectivity index (χ0v) is 24.9. The van der Waals surface area contributed by atoms with Crippen molar-refractivity contribution in [3.63, 3.8) is 0 Å². The number of hydrogen-bond donors (Lipinski definition) is 7. The van der Waals surface area contributed by atoms with Crippen molar-refractivity contribution < 1.29 is 59.2 Å². The number of aliphatic hydroxyl groups is 4. The summed E-state index contributed by atoms with van der Waals surface area (Å²) in [6, 6.07) is 21.8. The van der Waals surface area contributed by atoms with E-state index in [1.165, 1.54) is 0 Å². The van der Waals surface area contributed by atoms with Crippen LogP contribution in [0, 0.1) is 6.92 Å². The fourth-order valence-electron chi connectivity index (χ4n) is 5.31. The van der Waals surface area contributed by atoms with E-state index < -0.39 is 67.8 Å². The van der Waals surface area contributed by atoms with E-state index in [0.717, 1.165) is 33.4 Å². The third-order valence-electron chi connectivity index (χ3n) is 7.71. The molecule has 13 heteroatoms. The van der Waals surface area contributed by atoms with E-state index in [4.69, 9.17) is 24.4 Å². The van der Waals surface area contributed by atoms with E-state index >= 15 is 0 Å². The summed E-state index contributed by atoms with van der Waals surface area (Å²) in [5.41, 5.74) is 6.24. The fourth-order valence-corrected chi connectivity index (χ4v) is 5.31. The maximum absolute atomic E-state index is 11.9. The number of benzene rings is 3. The highest BCUT2D eigenvalue weighted by atomic mass is 16.7. The van der Waals surface area contributed by atoms with Crippen LogP contribution in [0.1, 0.15) is 34.6 Å². The predicted molar refractivity (Wildman–Crippen MR) is 162 cm³/mol. The average molecular weight is 640 g/mol. The van der Waals surface area contributed by atoms with E-state index in [1.807, 2.05) is 79.7 Å². The molecule has 1 saturated heterocycles. The zero-order chi connectivity index (χ0) is 33.4. The molecule has 246 valence electrons. The average Bonchev–Trinajstić information content (AvgIpc) is 3.36. The molecule has 1 aliphatic carbocycles. The summed E-state index contributed by atoms with van der Waals surface area (Å²) in [4.78, 5) is 33.6. The van der Waals surface area contributed by atoms with Gasteiger partial charge in [-0.3, -0.25) is 4.79 Å². The Hall–Kier alpha value is -4.37. The number of aryl methyl sites for hydroxylation is 1. The van der Waals surface area contributed by atoms with Gasteiger partial charge in [-0.25, -0.2) is 9.59 Å². The lowest BCUT2D eigenvalue weighted by molar-refractivity contribution is -0.295. The Morgan fingerprint density at radius 3 is 2.00 bits per heavy atom. The maximum Gasteiger partial charge on any atom is 0.407 e. The highest BCUT2D eigenvalue weighted by Crippen LogP contribution is 2.44. The highest BCUT2D eigenvalue weighted by molar-refractivity contribution is 5.84. The van der Waals surface area contributed by atoms with Crippen molar-refractivity contribution >= 4 is 18.0 Å². The molecular weight excluding hydrogens is 602 g/mol. The highest BCUT2D eigenvalue weighted by Gasteiger charge is 2.44. The number of aliphatic hydroxyl groups excluding tert-OH is 4. The lowest BCUT2D eigenvalue weighted by atomic mass is 9.98. The number of amides is 1. The molecule has 6 atom stereocenters. The Labute approximate surface area is 264 Å². The topological polar surface area (TPSA) is 212 Å². The Kier molecular flexibility index (Phi) is 11.8. The molecule has 0 aromatic heterocycles. The minimum atomic E-state index is -1.54. The second kappa shape index (κ2) is 15.8. The molecule has 46 heavy (non-hydrogen) atoms. The van der Waals surface area contributed by atoms with Crippen molar-refractivity contribution in [1.82, 2.24) is 5.32 Å². The number of ether oxygens (including phenoxy) is 3. The van der Waals surface area contributed by atoms with Gasteiger partial charge in [-0.15, -0.1) is 0 Å². The molecule has 7 N–H and O–H groups in total. The lowest BCUT2D eigenvalue weighted by Crippen LogP contribution is -2.59. The first-order chi connectivity index (χ1) is 22.0. The molecule has 1 aliphatic heterocycles. The summed E-state index contributed by atoms with van der Waals surface area (Å²) >= 11 is 0. The van der Waals surface area contributed by atoms with E-state index in [1.54, 1.807) is 0 Å². The van der Waals surface area contributed by atoms with Crippen molar-refractivity contribution in [3.8, 4) is 11.1 Å². The zero-order valence-electron chi connectivity index (χ0n) is 24.9. The summed E-state index contributed by atoms with van der Waals surface area (Å²) < 4.78 is 15.7. The molecule has 3 aromatic carbocycles. The number of carboxylic acid groups (broad SMARTS) is 2. The summed E-state index contributed by atoms with van der Waals surface area (Å²) in [5, 5.41) is 57.8. The van der Waals surface area contributed by atoms with Gasteiger partial charge in [-0.05, 0) is 34.7 Å². The van der Waals surface area contributed by atoms with Crippen molar-refractivity contribution in [2.45, 2.75) is 62.6 Å². The Morgan fingerprint density at radius 2 is 1.46 bits per heavy atom. The van der Waals surface area contributed by atoms with Crippen LogP contribution in [0.25, 0.3) is 11.1 Å². The molecule has 0 radical (unpaired) electrons. The quantitative estimate of drug-likeness (QED) is 0.169. The molecular formula is C33H37NO12. The summed E-state index contributed by atoms with van der Waals surface area (Å²) in [7, 11) is 0. The van der Waals surface area contributed by atoms with Gasteiger partial charge < -0.3 is 50.2 Å². The molecule has 0 saturated carbocycles. The van der Waals surface area contributed by atoms with Crippen LogP contribution in [-0.4, -0.2) is 98.6 Å². The smallest absolute Gasteiger partial charge is 0.407 e. The first-order valence-corrected chi connectivity index (χ1v) is 14.5. The van der Waals surface area contributed by atoms with Crippen LogP contribution in [-0.2, 0) is 30.4 Å². The predicted octanol–water partition coefficient (Wildman–Crippen LogP) is 1.76. The Balaban J connectivity index is 0.000000216. The number of rotatable bonds is 10. The number of nitrogens with one attached hydrogen (secondary N) is 1. The fraction of sp³-hybridized carbons (Fsp3) is 0.364. The Bertz CT molecular complexity index is 1450. The number of aliphatic carboxylic acids is 2. The van der Waals surface area contributed by atoms with Crippen LogP contribution in [0.3, 0.4) is 0 Å². The minimum Gasteiger partial charge on any atom is -0.481 e. The van der Waals surface area contributed by atoms with Gasteiger partial charge in [0.25, 0.3) is 0 Å². The van der Waals surface area contributed by atoms with E-state index in [2.05, 4.69) is 5.32 Å². The van der Waals surface area contributed by atoms with Crippen LogP contribution < -0.4 is 5.32 Å². The monoisotopic (exact) mass is 639 g/mol. The van der Waals surface area contributed by atoms with Crippen LogP contribution in [0.2, 0.25) is 0 Å². The molecule has 0 spiro atoms. The van der Waals surface area contributed by atoms with Gasteiger partial charge in [0.05, 0.1) is 19.6 Å². The van der Waals surface area contributed by atoms with Gasteiger partial charge in [-0.2, -0.15) is 0 Å². The minimum absolute atomic E-state index is 0.0271. The second-order valence-corrected chi connectivity index (χ2v) is 10.9. The SMILES string of the molecule is Cc1ccc(CO[C@H]2[C@H](O)[C@H](O)C(O)O[C@@H]2CO)cc1.O=C(O)C[C@H](NC(=O)OCC1c2ccccc2-c2ccccc21)C(=O)O. The molecule has 1 fully saturated rings. The van der Waals surface area contributed by atoms with Crippen molar-refractivity contribution in [2.75, 3.05) is 13.2 Å². The molecule has 1 amide bonds. The molecule has 13 nitrogen and oxygen atoms in total. The summed E-state index contributed by atoms with van der Waals surface area (Å²) in [6.45, 7) is 1.80. The molecule has 0 bridgehead atoms. The van der Waals surface area contributed by atoms with Crippen LogP contribution >= 0.6 is 0 Å². The van der Waals surface area contributed by atoms with Crippen molar-refractivity contribution in [3.05, 3.63) is 95.1 Å². The molecule has 3 aromatic rings. The van der Waals surface area contributed by atoms with Crippen LogP contribution in [0.15, 0.2) is 72.8 Å². The van der Waals surface area contributed by atoms with E-state index in [-0.39, 0.29) is 19.1 Å². The molecule has 1 unspecified atom stereocenters. The van der Waals surface area contributed by atoms with Crippen molar-refractivity contribution in [2.24, 2.45) is 0 Å². The summed E-state index contributed by atoms with van der Waals surface area (Å²) in [5.74, 6) is -2.91. The van der Waals surface area contributed by atoms with Gasteiger partial charge in [0.2, 0.25) is 0 Å². The van der Waals surface area contributed by atoms with Gasteiger partial charge in [0.1, 0.15) is 37.1 Å². The Morgan fingerprint density at radius 1 is 0.870 bits per heavy atom. The summed E-state index contributed by atoms with van der Waals surface area (Å²) in [6.07, 6.45) is -7.77. The normalized spacial score (nSPS) is 22.4. The maximum atomic E-state index is 11.9. The van der Waals surface area contributed by atoms with Gasteiger partial charge in [-0.1, -0.05) is 78.4 Å².